The molecule has 0 bridgehead atoms. The van der Waals surface area contributed by atoms with Gasteiger partial charge in [-0.2, -0.15) is 0 Å². The summed E-state index contributed by atoms with van der Waals surface area (Å²) < 4.78 is 0. The van der Waals surface area contributed by atoms with Gasteiger partial charge in [-0.15, -0.1) is 0 Å². The van der Waals surface area contributed by atoms with Gasteiger partial charge in [0.2, 0.25) is 0 Å². The molecule has 158 valence electrons. The van der Waals surface area contributed by atoms with Gasteiger partial charge in [0.1, 0.15) is 5.82 Å². The summed E-state index contributed by atoms with van der Waals surface area (Å²) in [5, 5.41) is 12.3. The van der Waals surface area contributed by atoms with E-state index in [0.717, 1.165) is 47.2 Å². The Morgan fingerprint density at radius 1 is 1.21 bits per heavy atom. The maximum Gasteiger partial charge on any atom is 0.106 e. The summed E-state index contributed by atoms with van der Waals surface area (Å²) in [6.07, 6.45) is 10.4. The van der Waals surface area contributed by atoms with Crippen molar-refractivity contribution < 1.29 is 0 Å². The standard InChI is InChI=1S/C24H35ClN4/c1-17(26)15-24(28(3)4)29-14-7-5-6-11-23(29)21-16-20(12-13-22(21)25)27-18(2)19-9-8-10-19/h12-13,15-16,19,23,26-27H,2,5-11,14H2,1,3-4H3/b24-15+,26-17?. The van der Waals surface area contributed by atoms with E-state index in [4.69, 9.17) is 17.0 Å². The average molecular weight is 415 g/mol. The molecule has 2 fully saturated rings. The molecule has 1 saturated heterocycles. The SMILES string of the molecule is C=C(Nc1ccc(Cl)c(C2CCCCCN2/C(=C/C(C)=N)N(C)C)c1)C1CCC1. The van der Waals surface area contributed by atoms with Crippen LogP contribution in [-0.4, -0.2) is 36.2 Å². The second-order valence-corrected chi connectivity index (χ2v) is 9.06. The molecule has 1 heterocycles. The fourth-order valence-corrected chi connectivity index (χ4v) is 4.53. The van der Waals surface area contributed by atoms with Crippen LogP contribution in [0.1, 0.15) is 63.5 Å². The summed E-state index contributed by atoms with van der Waals surface area (Å²) in [6, 6.07) is 6.48. The molecular formula is C24H35ClN4. The third kappa shape index (κ3) is 5.36. The zero-order valence-electron chi connectivity index (χ0n) is 18.1. The molecule has 1 aromatic rings. The Kier molecular flexibility index (Phi) is 7.28. The zero-order valence-corrected chi connectivity index (χ0v) is 18.9. The molecule has 4 nitrogen and oxygen atoms in total. The number of allylic oxidation sites excluding steroid dienone is 2. The van der Waals surface area contributed by atoms with Crippen molar-refractivity contribution in [2.45, 2.75) is 57.9 Å². The first-order valence-corrected chi connectivity index (χ1v) is 11.2. The Labute approximate surface area is 181 Å². The molecule has 29 heavy (non-hydrogen) atoms. The fraction of sp³-hybridized carbons (Fsp3) is 0.542. The smallest absolute Gasteiger partial charge is 0.106 e. The van der Waals surface area contributed by atoms with E-state index in [1.54, 1.807) is 0 Å². The highest BCUT2D eigenvalue weighted by molar-refractivity contribution is 6.31. The normalized spacial score (nSPS) is 20.6. The Balaban J connectivity index is 1.92. The van der Waals surface area contributed by atoms with Gasteiger partial charge in [-0.05, 0) is 68.4 Å². The number of anilines is 1. The van der Waals surface area contributed by atoms with E-state index in [2.05, 4.69) is 47.9 Å². The molecule has 1 aliphatic heterocycles. The van der Waals surface area contributed by atoms with Crippen molar-refractivity contribution in [3.63, 3.8) is 0 Å². The van der Waals surface area contributed by atoms with Gasteiger partial charge in [0.15, 0.2) is 0 Å². The number of halogens is 1. The van der Waals surface area contributed by atoms with Crippen LogP contribution in [0.5, 0.6) is 0 Å². The van der Waals surface area contributed by atoms with Crippen LogP contribution in [0.3, 0.4) is 0 Å². The van der Waals surface area contributed by atoms with Crippen LogP contribution < -0.4 is 5.32 Å². The maximum absolute atomic E-state index is 8.00. The Bertz CT molecular complexity index is 779. The van der Waals surface area contributed by atoms with E-state index in [1.807, 2.05) is 19.1 Å². The third-order valence-electron chi connectivity index (χ3n) is 6.11. The summed E-state index contributed by atoms with van der Waals surface area (Å²) in [4.78, 5) is 4.56. The van der Waals surface area contributed by atoms with Crippen molar-refractivity contribution in [2.24, 2.45) is 5.92 Å². The largest absolute Gasteiger partial charge is 0.364 e. The van der Waals surface area contributed by atoms with E-state index in [1.165, 1.54) is 32.1 Å². The molecule has 2 N–H and O–H groups in total. The molecule has 0 aromatic heterocycles. The number of hydrogen-bond donors (Lipinski definition) is 2. The first kappa shape index (κ1) is 21.8. The summed E-state index contributed by atoms with van der Waals surface area (Å²) >= 11 is 6.72. The van der Waals surface area contributed by atoms with Gasteiger partial charge in [-0.3, -0.25) is 0 Å². The predicted octanol–water partition coefficient (Wildman–Crippen LogP) is 6.43. The van der Waals surface area contributed by atoms with Crippen LogP contribution in [0.2, 0.25) is 5.02 Å². The number of nitrogens with one attached hydrogen (secondary N) is 2. The highest BCUT2D eigenvalue weighted by Crippen LogP contribution is 2.39. The number of hydrogen-bond acceptors (Lipinski definition) is 4. The van der Waals surface area contributed by atoms with Gasteiger partial charge in [-0.1, -0.05) is 37.4 Å². The van der Waals surface area contributed by atoms with Gasteiger partial charge < -0.3 is 20.5 Å². The fourth-order valence-electron chi connectivity index (χ4n) is 4.29. The number of rotatable bonds is 7. The van der Waals surface area contributed by atoms with E-state index in [0.29, 0.717) is 11.6 Å². The molecule has 0 radical (unpaired) electrons. The molecule has 2 aliphatic rings. The monoisotopic (exact) mass is 414 g/mol. The number of nitrogens with zero attached hydrogens (tertiary/aromatic N) is 2. The molecule has 1 aromatic carbocycles. The lowest BCUT2D eigenvalue weighted by Crippen LogP contribution is -2.35. The van der Waals surface area contributed by atoms with Crippen molar-refractivity contribution >= 4 is 23.0 Å². The molecule has 0 spiro atoms. The van der Waals surface area contributed by atoms with E-state index in [9.17, 15) is 0 Å². The third-order valence-corrected chi connectivity index (χ3v) is 6.45. The van der Waals surface area contributed by atoms with Gasteiger partial charge in [-0.25, -0.2) is 0 Å². The quantitative estimate of drug-likeness (QED) is 0.505. The second kappa shape index (κ2) is 9.71. The van der Waals surface area contributed by atoms with Crippen LogP contribution in [-0.2, 0) is 0 Å². The first-order valence-electron chi connectivity index (χ1n) is 10.8. The number of benzene rings is 1. The molecule has 1 atom stereocenters. The van der Waals surface area contributed by atoms with Crippen molar-refractivity contribution in [1.82, 2.24) is 9.80 Å². The van der Waals surface area contributed by atoms with Crippen molar-refractivity contribution in [2.75, 3.05) is 26.0 Å². The van der Waals surface area contributed by atoms with Crippen molar-refractivity contribution in [3.05, 3.63) is 53.0 Å². The molecule has 3 rings (SSSR count). The minimum Gasteiger partial charge on any atom is -0.364 e. The highest BCUT2D eigenvalue weighted by atomic mass is 35.5. The Hall–Kier alpha value is -1.94. The van der Waals surface area contributed by atoms with Crippen molar-refractivity contribution in [3.8, 4) is 0 Å². The average Bonchev–Trinajstić information content (AvgIpc) is 2.85. The van der Waals surface area contributed by atoms with Gasteiger partial charge >= 0.3 is 0 Å². The topological polar surface area (TPSA) is 42.4 Å². The lowest BCUT2D eigenvalue weighted by molar-refractivity contribution is 0.198. The van der Waals surface area contributed by atoms with Crippen LogP contribution in [0.4, 0.5) is 5.69 Å². The lowest BCUT2D eigenvalue weighted by atomic mass is 9.83. The lowest BCUT2D eigenvalue weighted by Gasteiger charge is -2.38. The van der Waals surface area contributed by atoms with Crippen molar-refractivity contribution in [1.29, 1.82) is 5.41 Å². The Morgan fingerprint density at radius 2 is 1.97 bits per heavy atom. The maximum atomic E-state index is 8.00. The molecule has 1 aliphatic carbocycles. The summed E-state index contributed by atoms with van der Waals surface area (Å²) in [6.45, 7) is 7.07. The minimum absolute atomic E-state index is 0.205. The molecule has 1 saturated carbocycles. The zero-order chi connectivity index (χ0) is 21.0. The molecule has 5 heteroatoms. The summed E-state index contributed by atoms with van der Waals surface area (Å²) in [5.41, 5.74) is 3.92. The molecular weight excluding hydrogens is 380 g/mol. The van der Waals surface area contributed by atoms with E-state index < -0.39 is 0 Å². The van der Waals surface area contributed by atoms with Crippen LogP contribution in [0, 0.1) is 11.3 Å². The number of likely N-dealkylation sites (tertiary alicyclic amines) is 1. The van der Waals surface area contributed by atoms with Crippen LogP contribution >= 0.6 is 11.6 Å². The van der Waals surface area contributed by atoms with Gasteiger partial charge in [0.05, 0.1) is 6.04 Å². The Morgan fingerprint density at radius 3 is 2.59 bits per heavy atom. The summed E-state index contributed by atoms with van der Waals surface area (Å²) in [7, 11) is 4.11. The predicted molar refractivity (Wildman–Crippen MR) is 125 cm³/mol. The second-order valence-electron chi connectivity index (χ2n) is 8.65. The van der Waals surface area contributed by atoms with Gasteiger partial charge in [0.25, 0.3) is 0 Å². The first-order chi connectivity index (χ1) is 13.9. The molecule has 1 unspecified atom stereocenters. The minimum atomic E-state index is 0.205. The highest BCUT2D eigenvalue weighted by Gasteiger charge is 2.28. The van der Waals surface area contributed by atoms with Crippen LogP contribution in [0.15, 0.2) is 42.4 Å². The molecule has 0 amide bonds. The summed E-state index contributed by atoms with van der Waals surface area (Å²) in [5.74, 6) is 1.68. The van der Waals surface area contributed by atoms with Gasteiger partial charge in [0, 0.05) is 42.8 Å². The van der Waals surface area contributed by atoms with E-state index in [-0.39, 0.29) is 6.04 Å². The van der Waals surface area contributed by atoms with Crippen LogP contribution in [0.25, 0.3) is 0 Å². The van der Waals surface area contributed by atoms with E-state index >= 15 is 0 Å².